The molecule has 0 atom stereocenters. The van der Waals surface area contributed by atoms with Gasteiger partial charge in [-0.25, -0.2) is 4.98 Å². The van der Waals surface area contributed by atoms with E-state index in [0.717, 1.165) is 12.4 Å². The minimum Gasteiger partial charge on any atom is -0.292 e. The van der Waals surface area contributed by atoms with Crippen LogP contribution in [0.3, 0.4) is 0 Å². The third-order valence-electron chi connectivity index (χ3n) is 1.49. The third kappa shape index (κ3) is 3.12. The van der Waals surface area contributed by atoms with Crippen LogP contribution in [0.2, 0.25) is 0 Å². The smallest absolute Gasteiger partial charge is 0.292 e. The van der Waals surface area contributed by atoms with Gasteiger partial charge in [0.15, 0.2) is 5.78 Å². The number of nitrogens with zero attached hydrogens (tertiary/aromatic N) is 2. The average Bonchev–Trinajstić information content (AvgIpc) is 2.17. The molecule has 0 aliphatic carbocycles. The lowest BCUT2D eigenvalue weighted by Crippen LogP contribution is -2.25. The molecule has 4 nitrogen and oxygen atoms in total. The third-order valence-corrected chi connectivity index (χ3v) is 1.49. The molecule has 0 spiro atoms. The van der Waals surface area contributed by atoms with E-state index in [2.05, 4.69) is 9.97 Å². The molecule has 1 aromatic heterocycles. The van der Waals surface area contributed by atoms with E-state index in [0.29, 0.717) is 0 Å². The molecule has 0 aliphatic rings. The fourth-order valence-electron chi connectivity index (χ4n) is 0.780. The van der Waals surface area contributed by atoms with Crippen molar-refractivity contribution >= 4 is 11.6 Å². The lowest BCUT2D eigenvalue weighted by atomic mass is 10.1. The van der Waals surface area contributed by atoms with E-state index in [1.165, 1.54) is 6.20 Å². The van der Waals surface area contributed by atoms with E-state index in [4.69, 9.17) is 0 Å². The summed E-state index contributed by atoms with van der Waals surface area (Å²) >= 11 is 0. The first-order valence-electron chi connectivity index (χ1n) is 3.80. The summed E-state index contributed by atoms with van der Waals surface area (Å²) in [6, 6.07) is 0. The van der Waals surface area contributed by atoms with Gasteiger partial charge in [-0.3, -0.25) is 14.6 Å². The summed E-state index contributed by atoms with van der Waals surface area (Å²) in [5.74, 6) is -3.08. The fraction of sp³-hybridized carbons (Fsp3) is 0.250. The molecule has 0 aliphatic heterocycles. The van der Waals surface area contributed by atoms with Crippen molar-refractivity contribution < 1.29 is 22.8 Å². The Bertz CT molecular complexity index is 375. The average molecular weight is 218 g/mol. The number of carbonyl (C=O) groups is 2. The van der Waals surface area contributed by atoms with Crippen LogP contribution in [-0.4, -0.2) is 27.7 Å². The molecule has 1 rings (SSSR count). The second kappa shape index (κ2) is 4.16. The predicted molar refractivity (Wildman–Crippen MR) is 42.0 cm³/mol. The molecule has 0 radical (unpaired) electrons. The maximum absolute atomic E-state index is 11.8. The van der Waals surface area contributed by atoms with Crippen molar-refractivity contribution in [1.29, 1.82) is 0 Å². The maximum atomic E-state index is 11.8. The summed E-state index contributed by atoms with van der Waals surface area (Å²) in [6.07, 6.45) is -2.79. The van der Waals surface area contributed by atoms with Crippen LogP contribution in [0.15, 0.2) is 18.6 Å². The lowest BCUT2D eigenvalue weighted by Gasteiger charge is -2.03. The van der Waals surface area contributed by atoms with Gasteiger partial charge in [-0.15, -0.1) is 0 Å². The molecular formula is C8H5F3N2O2. The van der Waals surface area contributed by atoms with Gasteiger partial charge in [0.05, 0.1) is 12.6 Å². The number of rotatable bonds is 3. The first kappa shape index (κ1) is 11.3. The number of hydrogen-bond donors (Lipinski definition) is 0. The molecule has 0 saturated carbocycles. The molecular weight excluding hydrogens is 213 g/mol. The number of aromatic nitrogens is 2. The first-order chi connectivity index (χ1) is 6.91. The van der Waals surface area contributed by atoms with Gasteiger partial charge in [-0.05, 0) is 0 Å². The quantitative estimate of drug-likeness (QED) is 0.564. The number of ketones is 2. The van der Waals surface area contributed by atoms with Crippen LogP contribution >= 0.6 is 0 Å². The van der Waals surface area contributed by atoms with E-state index < -0.39 is 24.2 Å². The molecule has 0 amide bonds. The van der Waals surface area contributed by atoms with E-state index >= 15 is 0 Å². The molecule has 15 heavy (non-hydrogen) atoms. The highest BCUT2D eigenvalue weighted by molar-refractivity contribution is 6.08. The fourth-order valence-corrected chi connectivity index (χ4v) is 0.780. The Labute approximate surface area is 82.2 Å². The van der Waals surface area contributed by atoms with Gasteiger partial charge in [0, 0.05) is 12.4 Å². The molecule has 1 heterocycles. The summed E-state index contributed by atoms with van der Waals surface area (Å²) in [7, 11) is 0. The molecule has 0 aromatic carbocycles. The van der Waals surface area contributed by atoms with E-state index in [1.807, 2.05) is 0 Å². The minimum atomic E-state index is -4.99. The molecule has 1 aromatic rings. The Hall–Kier alpha value is -1.79. The van der Waals surface area contributed by atoms with Gasteiger partial charge in [0.2, 0.25) is 5.78 Å². The number of Topliss-reactive ketones (excluding diaryl/α,β-unsaturated/α-hetero) is 2. The molecule has 0 saturated heterocycles. The molecule has 0 N–H and O–H groups in total. The second-order valence-corrected chi connectivity index (χ2v) is 2.61. The molecule has 0 unspecified atom stereocenters. The Balaban J connectivity index is 2.70. The number of halogens is 3. The monoisotopic (exact) mass is 218 g/mol. The van der Waals surface area contributed by atoms with Crippen LogP contribution in [-0.2, 0) is 4.79 Å². The topological polar surface area (TPSA) is 59.9 Å². The zero-order valence-corrected chi connectivity index (χ0v) is 7.28. The van der Waals surface area contributed by atoms with E-state index in [-0.39, 0.29) is 5.69 Å². The second-order valence-electron chi connectivity index (χ2n) is 2.61. The van der Waals surface area contributed by atoms with Crippen molar-refractivity contribution in [2.75, 3.05) is 0 Å². The molecule has 80 valence electrons. The lowest BCUT2D eigenvalue weighted by molar-refractivity contribution is -0.170. The van der Waals surface area contributed by atoms with E-state index in [9.17, 15) is 22.8 Å². The molecule has 0 fully saturated rings. The number of alkyl halides is 3. The Morgan fingerprint density at radius 3 is 2.40 bits per heavy atom. The highest BCUT2D eigenvalue weighted by atomic mass is 19.4. The Kier molecular flexibility index (Phi) is 3.13. The number of carbonyl (C=O) groups excluding carboxylic acids is 2. The largest absolute Gasteiger partial charge is 0.450 e. The van der Waals surface area contributed by atoms with Gasteiger partial charge < -0.3 is 0 Å². The summed E-state index contributed by atoms with van der Waals surface area (Å²) in [5.41, 5.74) is -0.255. The van der Waals surface area contributed by atoms with Crippen LogP contribution in [0.4, 0.5) is 13.2 Å². The number of hydrogen-bond acceptors (Lipinski definition) is 4. The van der Waals surface area contributed by atoms with Crippen molar-refractivity contribution in [1.82, 2.24) is 9.97 Å². The minimum absolute atomic E-state index is 0.255. The van der Waals surface area contributed by atoms with Crippen LogP contribution in [0.25, 0.3) is 0 Å². The summed E-state index contributed by atoms with van der Waals surface area (Å²) in [5, 5.41) is 0. The standard InChI is InChI=1S/C8H5F3N2O2/c9-8(10,11)7(15)3-6(14)5-4-12-1-2-13-5/h1-2,4H,3H2. The van der Waals surface area contributed by atoms with Gasteiger partial charge in [-0.1, -0.05) is 0 Å². The highest BCUT2D eigenvalue weighted by Gasteiger charge is 2.39. The normalized spacial score (nSPS) is 11.1. The van der Waals surface area contributed by atoms with Crippen LogP contribution < -0.4 is 0 Å². The summed E-state index contributed by atoms with van der Waals surface area (Å²) in [6.45, 7) is 0. The SMILES string of the molecule is O=C(CC(=O)C(F)(F)F)c1cnccn1. The van der Waals surface area contributed by atoms with Crippen molar-refractivity contribution in [3.05, 3.63) is 24.3 Å². The van der Waals surface area contributed by atoms with Crippen LogP contribution in [0.1, 0.15) is 16.9 Å². The van der Waals surface area contributed by atoms with Crippen molar-refractivity contribution in [2.45, 2.75) is 12.6 Å². The van der Waals surface area contributed by atoms with E-state index in [1.54, 1.807) is 0 Å². The van der Waals surface area contributed by atoms with Crippen molar-refractivity contribution in [2.24, 2.45) is 0 Å². The van der Waals surface area contributed by atoms with Crippen molar-refractivity contribution in [3.8, 4) is 0 Å². The highest BCUT2D eigenvalue weighted by Crippen LogP contribution is 2.18. The van der Waals surface area contributed by atoms with Gasteiger partial charge in [0.25, 0.3) is 0 Å². The predicted octanol–water partition coefficient (Wildman–Crippen LogP) is 1.18. The van der Waals surface area contributed by atoms with Gasteiger partial charge in [0.1, 0.15) is 5.69 Å². The maximum Gasteiger partial charge on any atom is 0.450 e. The molecule has 7 heteroatoms. The summed E-state index contributed by atoms with van der Waals surface area (Å²) < 4.78 is 35.4. The molecule has 0 bridgehead atoms. The van der Waals surface area contributed by atoms with Gasteiger partial charge in [-0.2, -0.15) is 13.2 Å². The van der Waals surface area contributed by atoms with Crippen molar-refractivity contribution in [3.63, 3.8) is 0 Å². The van der Waals surface area contributed by atoms with Crippen LogP contribution in [0, 0.1) is 0 Å². The Morgan fingerprint density at radius 2 is 1.93 bits per heavy atom. The first-order valence-corrected chi connectivity index (χ1v) is 3.80. The summed E-state index contributed by atoms with van der Waals surface area (Å²) in [4.78, 5) is 28.5. The zero-order chi connectivity index (χ0) is 11.5. The zero-order valence-electron chi connectivity index (χ0n) is 7.28. The van der Waals surface area contributed by atoms with Gasteiger partial charge >= 0.3 is 6.18 Å². The van der Waals surface area contributed by atoms with Crippen LogP contribution in [0.5, 0.6) is 0 Å². The Morgan fingerprint density at radius 1 is 1.27 bits per heavy atom.